The molecule has 2 aromatic rings. The summed E-state index contributed by atoms with van der Waals surface area (Å²) in [5.41, 5.74) is 1.01. The Kier molecular flexibility index (Phi) is 4.77. The van der Waals surface area contributed by atoms with Crippen LogP contribution in [0, 0.1) is 6.92 Å². The normalized spacial score (nSPS) is 11.0. The summed E-state index contributed by atoms with van der Waals surface area (Å²) < 4.78 is 1.76. The van der Waals surface area contributed by atoms with Gasteiger partial charge < -0.3 is 10.6 Å². The highest BCUT2D eigenvalue weighted by Gasteiger charge is 2.13. The lowest BCUT2D eigenvalue weighted by atomic mass is 10.2. The molecule has 2 N–H and O–H groups in total. The van der Waals surface area contributed by atoms with Gasteiger partial charge in [0, 0.05) is 37.3 Å². The minimum atomic E-state index is 0.275. The van der Waals surface area contributed by atoms with Gasteiger partial charge in [0.05, 0.1) is 0 Å². The highest BCUT2D eigenvalue weighted by atomic mass is 15.3. The van der Waals surface area contributed by atoms with E-state index in [0.717, 1.165) is 41.8 Å². The molecule has 0 fully saturated rings. The number of nitrogens with zero attached hydrogens (tertiary/aromatic N) is 4. The molecule has 0 spiro atoms. The van der Waals surface area contributed by atoms with Crippen LogP contribution in [0.15, 0.2) is 12.3 Å². The predicted octanol–water partition coefficient (Wildman–Crippen LogP) is 3.21. The van der Waals surface area contributed by atoms with Crippen LogP contribution in [-0.4, -0.2) is 26.3 Å². The van der Waals surface area contributed by atoms with Crippen molar-refractivity contribution in [1.82, 2.24) is 19.7 Å². The largest absolute Gasteiger partial charge is 0.370 e. The van der Waals surface area contributed by atoms with Crippen LogP contribution < -0.4 is 10.6 Å². The van der Waals surface area contributed by atoms with Gasteiger partial charge in [0.1, 0.15) is 17.5 Å². The van der Waals surface area contributed by atoms with Crippen molar-refractivity contribution in [2.45, 2.75) is 40.0 Å². The Labute approximate surface area is 126 Å². The number of rotatable bonds is 6. The number of nitrogens with one attached hydrogen (secondary N) is 2. The second kappa shape index (κ2) is 6.56. The van der Waals surface area contributed by atoms with E-state index in [4.69, 9.17) is 0 Å². The van der Waals surface area contributed by atoms with E-state index in [9.17, 15) is 0 Å². The molecule has 21 heavy (non-hydrogen) atoms. The van der Waals surface area contributed by atoms with Gasteiger partial charge >= 0.3 is 0 Å². The van der Waals surface area contributed by atoms with E-state index in [1.807, 2.05) is 26.2 Å². The van der Waals surface area contributed by atoms with Crippen LogP contribution in [0.4, 0.5) is 17.5 Å². The maximum atomic E-state index is 4.63. The molecular formula is C15H24N6. The summed E-state index contributed by atoms with van der Waals surface area (Å²) in [7, 11) is 1.89. The summed E-state index contributed by atoms with van der Waals surface area (Å²) in [5, 5.41) is 11.0. The van der Waals surface area contributed by atoms with Crippen LogP contribution in [-0.2, 0) is 7.05 Å². The molecule has 0 aliphatic rings. The molecule has 0 unspecified atom stereocenters. The third kappa shape index (κ3) is 3.71. The zero-order valence-electron chi connectivity index (χ0n) is 13.4. The highest BCUT2D eigenvalue weighted by Crippen LogP contribution is 2.25. The molecule has 0 aliphatic heterocycles. The van der Waals surface area contributed by atoms with E-state index in [1.54, 1.807) is 4.68 Å². The number of hydrogen-bond donors (Lipinski definition) is 2. The minimum absolute atomic E-state index is 0.275. The van der Waals surface area contributed by atoms with Crippen molar-refractivity contribution in [2.75, 3.05) is 17.2 Å². The molecule has 0 bridgehead atoms. The molecule has 0 saturated carbocycles. The Balaban J connectivity index is 2.35. The van der Waals surface area contributed by atoms with Crippen molar-refractivity contribution in [3.63, 3.8) is 0 Å². The fourth-order valence-corrected chi connectivity index (χ4v) is 1.93. The van der Waals surface area contributed by atoms with Gasteiger partial charge in [-0.25, -0.2) is 9.97 Å². The number of aryl methyl sites for hydroxylation is 1. The highest BCUT2D eigenvalue weighted by molar-refractivity contribution is 5.62. The molecule has 0 radical (unpaired) electrons. The first kappa shape index (κ1) is 15.3. The molecule has 0 amide bonds. The first-order valence-corrected chi connectivity index (χ1v) is 7.40. The van der Waals surface area contributed by atoms with Gasteiger partial charge in [-0.15, -0.1) is 0 Å². The Bertz CT molecular complexity index is 602. The summed E-state index contributed by atoms with van der Waals surface area (Å²) in [6.07, 6.45) is 2.96. The molecule has 6 heteroatoms. The van der Waals surface area contributed by atoms with Crippen LogP contribution >= 0.6 is 0 Å². The van der Waals surface area contributed by atoms with E-state index < -0.39 is 0 Å². The molecule has 2 heterocycles. The summed E-state index contributed by atoms with van der Waals surface area (Å²) in [5.74, 6) is 3.60. The molecule has 6 nitrogen and oxygen atoms in total. The minimum Gasteiger partial charge on any atom is -0.370 e. The lowest BCUT2D eigenvalue weighted by Gasteiger charge is -2.15. The lowest BCUT2D eigenvalue weighted by Crippen LogP contribution is -2.11. The van der Waals surface area contributed by atoms with Gasteiger partial charge in [0.2, 0.25) is 0 Å². The Hall–Kier alpha value is -2.11. The third-order valence-corrected chi connectivity index (χ3v) is 3.18. The van der Waals surface area contributed by atoms with Crippen LogP contribution in [0.1, 0.15) is 44.5 Å². The molecule has 0 atom stereocenters. The maximum absolute atomic E-state index is 4.63. The first-order valence-electron chi connectivity index (χ1n) is 7.40. The van der Waals surface area contributed by atoms with Crippen LogP contribution in [0.3, 0.4) is 0 Å². The fraction of sp³-hybridized carbons (Fsp3) is 0.533. The predicted molar refractivity (Wildman–Crippen MR) is 86.1 cm³/mol. The maximum Gasteiger partial charge on any atom is 0.153 e. The Morgan fingerprint density at radius 1 is 1.24 bits per heavy atom. The average molecular weight is 288 g/mol. The molecule has 2 rings (SSSR count). The van der Waals surface area contributed by atoms with Gasteiger partial charge in [-0.05, 0) is 13.3 Å². The van der Waals surface area contributed by atoms with E-state index in [0.29, 0.717) is 0 Å². The van der Waals surface area contributed by atoms with Crippen LogP contribution in [0.2, 0.25) is 0 Å². The van der Waals surface area contributed by atoms with Gasteiger partial charge in [0.15, 0.2) is 5.82 Å². The number of anilines is 3. The van der Waals surface area contributed by atoms with Gasteiger partial charge in [-0.1, -0.05) is 20.8 Å². The standard InChI is InChI=1S/C15H24N6/c1-6-8-16-14-11(4)15(19-13(18-14)10(2)3)17-12-7-9-21(5)20-12/h7,9-10H,6,8H2,1-5H3,(H2,16,17,18,19,20). The van der Waals surface area contributed by atoms with Gasteiger partial charge in [-0.3, -0.25) is 4.68 Å². The quantitative estimate of drug-likeness (QED) is 0.854. The van der Waals surface area contributed by atoms with Gasteiger partial charge in [-0.2, -0.15) is 5.10 Å². The molecular weight excluding hydrogens is 264 g/mol. The Morgan fingerprint density at radius 2 is 1.95 bits per heavy atom. The summed E-state index contributed by atoms with van der Waals surface area (Å²) in [6.45, 7) is 9.25. The molecule has 114 valence electrons. The summed E-state index contributed by atoms with van der Waals surface area (Å²) >= 11 is 0. The monoisotopic (exact) mass is 288 g/mol. The van der Waals surface area contributed by atoms with E-state index in [1.165, 1.54) is 0 Å². The Morgan fingerprint density at radius 3 is 2.52 bits per heavy atom. The van der Waals surface area contributed by atoms with Gasteiger partial charge in [0.25, 0.3) is 0 Å². The summed E-state index contributed by atoms with van der Waals surface area (Å²) in [6, 6.07) is 1.93. The second-order valence-corrected chi connectivity index (χ2v) is 5.49. The topological polar surface area (TPSA) is 67.7 Å². The third-order valence-electron chi connectivity index (χ3n) is 3.18. The fourth-order valence-electron chi connectivity index (χ4n) is 1.93. The van der Waals surface area contributed by atoms with E-state index >= 15 is 0 Å². The zero-order chi connectivity index (χ0) is 15.4. The van der Waals surface area contributed by atoms with Crippen molar-refractivity contribution in [2.24, 2.45) is 7.05 Å². The van der Waals surface area contributed by atoms with E-state index in [-0.39, 0.29) is 5.92 Å². The SMILES string of the molecule is CCCNc1nc(C(C)C)nc(Nc2ccn(C)n2)c1C. The van der Waals surface area contributed by atoms with E-state index in [2.05, 4.69) is 46.5 Å². The molecule has 0 aliphatic carbocycles. The number of aromatic nitrogens is 4. The smallest absolute Gasteiger partial charge is 0.153 e. The van der Waals surface area contributed by atoms with Crippen molar-refractivity contribution < 1.29 is 0 Å². The second-order valence-electron chi connectivity index (χ2n) is 5.49. The number of hydrogen-bond acceptors (Lipinski definition) is 5. The van der Waals surface area contributed by atoms with Crippen molar-refractivity contribution in [3.05, 3.63) is 23.7 Å². The van der Waals surface area contributed by atoms with Crippen LogP contribution in [0.5, 0.6) is 0 Å². The molecule has 0 aromatic carbocycles. The van der Waals surface area contributed by atoms with Crippen molar-refractivity contribution in [3.8, 4) is 0 Å². The average Bonchev–Trinajstić information content (AvgIpc) is 2.84. The van der Waals surface area contributed by atoms with Crippen molar-refractivity contribution in [1.29, 1.82) is 0 Å². The van der Waals surface area contributed by atoms with Crippen molar-refractivity contribution >= 4 is 17.5 Å². The summed E-state index contributed by atoms with van der Waals surface area (Å²) in [4.78, 5) is 9.26. The lowest BCUT2D eigenvalue weighted by molar-refractivity contribution is 0.765. The molecule has 2 aromatic heterocycles. The van der Waals surface area contributed by atoms with Crippen LogP contribution in [0.25, 0.3) is 0 Å². The first-order chi connectivity index (χ1) is 10.0. The zero-order valence-corrected chi connectivity index (χ0v) is 13.4. The molecule has 0 saturated heterocycles.